The first kappa shape index (κ1) is 22.8. The lowest BCUT2D eigenvalue weighted by atomic mass is 10.1. The zero-order valence-electron chi connectivity index (χ0n) is 16.9. The SMILES string of the molecule is Cc1cccc(Oc2cccc(C(=O)O)c2C(=O)O)c1Oc1cccc(C(=O)O)c1C(=O)O. The van der Waals surface area contributed by atoms with Gasteiger partial charge < -0.3 is 29.9 Å². The fourth-order valence-corrected chi connectivity index (χ4v) is 3.10. The molecule has 0 heterocycles. The zero-order valence-corrected chi connectivity index (χ0v) is 16.9. The fraction of sp³-hybridized carbons (Fsp3) is 0.0435. The number of carboxylic acids is 4. The van der Waals surface area contributed by atoms with Crippen LogP contribution in [-0.4, -0.2) is 44.3 Å². The predicted molar refractivity (Wildman–Crippen MR) is 112 cm³/mol. The second-order valence-corrected chi connectivity index (χ2v) is 6.68. The van der Waals surface area contributed by atoms with E-state index >= 15 is 0 Å². The molecule has 0 spiro atoms. The third-order valence-corrected chi connectivity index (χ3v) is 4.55. The molecule has 3 aromatic carbocycles. The average Bonchev–Trinajstić information content (AvgIpc) is 2.75. The van der Waals surface area contributed by atoms with Crippen LogP contribution in [0.1, 0.15) is 47.0 Å². The molecule has 33 heavy (non-hydrogen) atoms. The van der Waals surface area contributed by atoms with Gasteiger partial charge in [-0.05, 0) is 42.8 Å². The van der Waals surface area contributed by atoms with Gasteiger partial charge in [0.2, 0.25) is 0 Å². The van der Waals surface area contributed by atoms with Crippen molar-refractivity contribution in [1.82, 2.24) is 0 Å². The van der Waals surface area contributed by atoms with Crippen LogP contribution in [0, 0.1) is 6.92 Å². The van der Waals surface area contributed by atoms with E-state index in [1.807, 2.05) is 0 Å². The van der Waals surface area contributed by atoms with Crippen LogP contribution in [-0.2, 0) is 0 Å². The summed E-state index contributed by atoms with van der Waals surface area (Å²) in [5.74, 6) is -6.60. The van der Waals surface area contributed by atoms with Crippen LogP contribution >= 0.6 is 0 Å². The molecule has 0 aliphatic rings. The van der Waals surface area contributed by atoms with Gasteiger partial charge in [0.05, 0.1) is 11.1 Å². The van der Waals surface area contributed by atoms with Crippen LogP contribution in [0.25, 0.3) is 0 Å². The van der Waals surface area contributed by atoms with Gasteiger partial charge in [-0.15, -0.1) is 0 Å². The molecular weight excluding hydrogens is 436 g/mol. The number of hydrogen-bond donors (Lipinski definition) is 4. The van der Waals surface area contributed by atoms with Crippen LogP contribution < -0.4 is 9.47 Å². The first-order valence-corrected chi connectivity index (χ1v) is 9.26. The minimum Gasteiger partial charge on any atom is -0.478 e. The lowest BCUT2D eigenvalue weighted by molar-refractivity contribution is 0.0648. The van der Waals surface area contributed by atoms with Crippen molar-refractivity contribution in [3.05, 3.63) is 82.4 Å². The van der Waals surface area contributed by atoms with Gasteiger partial charge in [-0.2, -0.15) is 0 Å². The Balaban J connectivity index is 2.13. The number of para-hydroxylation sites is 1. The van der Waals surface area contributed by atoms with Crippen molar-refractivity contribution < 1.29 is 49.1 Å². The number of rotatable bonds is 8. The number of aryl methyl sites for hydroxylation is 1. The summed E-state index contributed by atoms with van der Waals surface area (Å²) in [4.78, 5) is 46.3. The largest absolute Gasteiger partial charge is 0.478 e. The van der Waals surface area contributed by atoms with E-state index in [4.69, 9.17) is 9.47 Å². The Labute approximate surface area is 185 Å². The Morgan fingerprint density at radius 3 is 1.45 bits per heavy atom. The number of carboxylic acid groups (broad SMARTS) is 4. The minimum atomic E-state index is -1.53. The molecule has 0 bridgehead atoms. The molecule has 0 aliphatic carbocycles. The molecule has 3 aromatic rings. The summed E-state index contributed by atoms with van der Waals surface area (Å²) in [6, 6.07) is 11.9. The van der Waals surface area contributed by atoms with E-state index < -0.39 is 46.1 Å². The molecule has 0 unspecified atom stereocenters. The van der Waals surface area contributed by atoms with E-state index in [2.05, 4.69) is 0 Å². The van der Waals surface area contributed by atoms with Gasteiger partial charge in [0.15, 0.2) is 11.5 Å². The third kappa shape index (κ3) is 4.59. The molecule has 10 heteroatoms. The van der Waals surface area contributed by atoms with E-state index in [9.17, 15) is 39.6 Å². The molecule has 0 aliphatic heterocycles. The predicted octanol–water partition coefficient (Wildman–Crippen LogP) is 4.37. The number of aromatic carboxylic acids is 4. The van der Waals surface area contributed by atoms with Crippen molar-refractivity contribution in [2.24, 2.45) is 0 Å². The lowest BCUT2D eigenvalue weighted by Gasteiger charge is -2.17. The van der Waals surface area contributed by atoms with Crippen molar-refractivity contribution in [1.29, 1.82) is 0 Å². The summed E-state index contributed by atoms with van der Waals surface area (Å²) in [5, 5.41) is 37.7. The van der Waals surface area contributed by atoms with Crippen molar-refractivity contribution in [3.63, 3.8) is 0 Å². The van der Waals surface area contributed by atoms with Crippen LogP contribution in [0.5, 0.6) is 23.0 Å². The molecule has 0 fully saturated rings. The summed E-state index contributed by atoms with van der Waals surface area (Å²) in [6.07, 6.45) is 0. The second kappa shape index (κ2) is 9.10. The molecule has 3 rings (SSSR count). The van der Waals surface area contributed by atoms with Crippen molar-refractivity contribution in [2.75, 3.05) is 0 Å². The van der Waals surface area contributed by atoms with Crippen LogP contribution in [0.4, 0.5) is 0 Å². The zero-order chi connectivity index (χ0) is 24.3. The molecule has 0 radical (unpaired) electrons. The topological polar surface area (TPSA) is 168 Å². The smallest absolute Gasteiger partial charge is 0.340 e. The highest BCUT2D eigenvalue weighted by molar-refractivity contribution is 6.04. The Morgan fingerprint density at radius 1 is 0.576 bits per heavy atom. The molecule has 10 nitrogen and oxygen atoms in total. The Morgan fingerprint density at radius 2 is 1.00 bits per heavy atom. The maximum atomic E-state index is 11.7. The van der Waals surface area contributed by atoms with E-state index in [0.717, 1.165) is 12.1 Å². The first-order valence-electron chi connectivity index (χ1n) is 9.26. The molecule has 4 N–H and O–H groups in total. The van der Waals surface area contributed by atoms with E-state index in [1.165, 1.54) is 30.3 Å². The first-order chi connectivity index (χ1) is 15.6. The highest BCUT2D eigenvalue weighted by atomic mass is 16.5. The maximum absolute atomic E-state index is 11.7. The Bertz CT molecular complexity index is 1290. The van der Waals surface area contributed by atoms with E-state index in [0.29, 0.717) is 5.56 Å². The van der Waals surface area contributed by atoms with Gasteiger partial charge in [-0.1, -0.05) is 24.3 Å². The van der Waals surface area contributed by atoms with Crippen LogP contribution in [0.2, 0.25) is 0 Å². The van der Waals surface area contributed by atoms with Gasteiger partial charge in [0, 0.05) is 0 Å². The van der Waals surface area contributed by atoms with Crippen molar-refractivity contribution in [2.45, 2.75) is 6.92 Å². The average molecular weight is 452 g/mol. The Hall–Kier alpha value is -4.86. The molecule has 0 saturated heterocycles. The molecule has 0 aromatic heterocycles. The Kier molecular flexibility index (Phi) is 6.29. The molecule has 168 valence electrons. The number of ether oxygens (including phenoxy) is 2. The van der Waals surface area contributed by atoms with Crippen LogP contribution in [0.3, 0.4) is 0 Å². The van der Waals surface area contributed by atoms with Gasteiger partial charge in [0.25, 0.3) is 0 Å². The second-order valence-electron chi connectivity index (χ2n) is 6.68. The third-order valence-electron chi connectivity index (χ3n) is 4.55. The summed E-state index contributed by atoms with van der Waals surface area (Å²) < 4.78 is 11.4. The van der Waals surface area contributed by atoms with Crippen molar-refractivity contribution in [3.8, 4) is 23.0 Å². The molecule has 0 amide bonds. The highest BCUT2D eigenvalue weighted by Crippen LogP contribution is 2.40. The summed E-state index contributed by atoms with van der Waals surface area (Å²) >= 11 is 0. The van der Waals surface area contributed by atoms with Gasteiger partial charge in [-0.25, -0.2) is 19.2 Å². The lowest BCUT2D eigenvalue weighted by Crippen LogP contribution is -2.10. The van der Waals surface area contributed by atoms with Crippen LogP contribution in [0.15, 0.2) is 54.6 Å². The number of carbonyl (C=O) groups is 4. The molecular formula is C23H16O10. The summed E-state index contributed by atoms with van der Waals surface area (Å²) in [6.45, 7) is 1.61. The van der Waals surface area contributed by atoms with Gasteiger partial charge in [-0.3, -0.25) is 0 Å². The standard InChI is InChI=1S/C23H16O10/c1-11-5-2-10-16(32-14-8-3-6-12(20(24)25)17(14)22(28)29)19(11)33-15-9-4-7-13(21(26)27)18(15)23(30)31/h2-10H,1H3,(H,24,25)(H,26,27)(H,28,29)(H,30,31). The van der Waals surface area contributed by atoms with Crippen molar-refractivity contribution >= 4 is 23.9 Å². The quantitative estimate of drug-likeness (QED) is 0.385. The molecule has 0 atom stereocenters. The normalized spacial score (nSPS) is 10.3. The van der Waals surface area contributed by atoms with E-state index in [1.54, 1.807) is 19.1 Å². The van der Waals surface area contributed by atoms with Gasteiger partial charge >= 0.3 is 23.9 Å². The monoisotopic (exact) mass is 452 g/mol. The maximum Gasteiger partial charge on any atom is 0.340 e. The summed E-state index contributed by atoms with van der Waals surface area (Å²) in [5.41, 5.74) is -1.69. The van der Waals surface area contributed by atoms with E-state index in [-0.39, 0.29) is 23.0 Å². The van der Waals surface area contributed by atoms with Gasteiger partial charge in [0.1, 0.15) is 22.6 Å². The number of hydrogen-bond acceptors (Lipinski definition) is 6. The summed E-state index contributed by atoms with van der Waals surface area (Å²) in [7, 11) is 0. The number of benzene rings is 3. The molecule has 0 saturated carbocycles. The minimum absolute atomic E-state index is 0.0143. The highest BCUT2D eigenvalue weighted by Gasteiger charge is 2.25. The fourth-order valence-electron chi connectivity index (χ4n) is 3.10.